The van der Waals surface area contributed by atoms with Gasteiger partial charge in [0.2, 0.25) is 0 Å². The number of carboxylic acid groups (broad SMARTS) is 1. The molecule has 0 bridgehead atoms. The average molecular weight is 347 g/mol. The third-order valence-corrected chi connectivity index (χ3v) is 6.58. The first-order valence-corrected chi connectivity index (χ1v) is 9.14. The summed E-state index contributed by atoms with van der Waals surface area (Å²) >= 11 is 0. The second-order valence-corrected chi connectivity index (χ2v) is 8.27. The molecule has 0 aromatic heterocycles. The van der Waals surface area contributed by atoms with Gasteiger partial charge in [-0.15, -0.1) is 0 Å². The van der Waals surface area contributed by atoms with Crippen LogP contribution >= 0.6 is 0 Å². The maximum absolute atomic E-state index is 11.0. The van der Waals surface area contributed by atoms with E-state index in [1.165, 1.54) is 24.8 Å². The van der Waals surface area contributed by atoms with E-state index < -0.39 is 18.6 Å². The lowest BCUT2D eigenvalue weighted by molar-refractivity contribution is -0.146. The number of aliphatic carboxylic acids is 1. The molecule has 5 heteroatoms. The average Bonchev–Trinajstić information content (AvgIpc) is 3.07. The van der Waals surface area contributed by atoms with E-state index in [1.54, 1.807) is 0 Å². The Hall–Kier alpha value is -1.43. The standard InChI is InChI=1S/C20H29NO4/c1-13-8-9-17-19(2,3)20(17,10-13)15-7-5-4-6-14(15)12-25-21-16(11-22)18(23)24/h4-7,13,16-17,21-22H,8-12H2,1-3H3,(H,23,24)/t13?,16-,17?,20?/m1/s1. The summed E-state index contributed by atoms with van der Waals surface area (Å²) in [5.74, 6) is 0.296. The molecule has 138 valence electrons. The van der Waals surface area contributed by atoms with Crippen molar-refractivity contribution in [2.24, 2.45) is 17.3 Å². The molecular formula is C20H29NO4. The summed E-state index contributed by atoms with van der Waals surface area (Å²) in [5, 5.41) is 18.0. The molecule has 0 saturated heterocycles. The van der Waals surface area contributed by atoms with E-state index >= 15 is 0 Å². The van der Waals surface area contributed by atoms with Crippen molar-refractivity contribution in [3.8, 4) is 0 Å². The predicted octanol–water partition coefficient (Wildman–Crippen LogP) is 2.87. The molecule has 2 saturated carbocycles. The Labute approximate surface area is 149 Å². The number of benzene rings is 1. The van der Waals surface area contributed by atoms with Crippen LogP contribution < -0.4 is 5.48 Å². The Bertz CT molecular complexity index is 644. The van der Waals surface area contributed by atoms with Crippen LogP contribution in [-0.2, 0) is 21.7 Å². The monoisotopic (exact) mass is 347 g/mol. The fraction of sp³-hybridized carbons (Fsp3) is 0.650. The van der Waals surface area contributed by atoms with Gasteiger partial charge < -0.3 is 10.2 Å². The molecule has 0 heterocycles. The van der Waals surface area contributed by atoms with Gasteiger partial charge >= 0.3 is 5.97 Å². The molecule has 1 aromatic rings. The van der Waals surface area contributed by atoms with Crippen molar-refractivity contribution in [1.29, 1.82) is 0 Å². The minimum absolute atomic E-state index is 0.202. The van der Waals surface area contributed by atoms with Crippen LogP contribution in [0.4, 0.5) is 0 Å². The molecule has 1 aromatic carbocycles. The van der Waals surface area contributed by atoms with Gasteiger partial charge in [-0.05, 0) is 41.2 Å². The van der Waals surface area contributed by atoms with E-state index in [0.717, 1.165) is 11.5 Å². The van der Waals surface area contributed by atoms with Crippen molar-refractivity contribution in [3.63, 3.8) is 0 Å². The first-order chi connectivity index (χ1) is 11.8. The highest BCUT2D eigenvalue weighted by Crippen LogP contribution is 2.76. The van der Waals surface area contributed by atoms with Gasteiger partial charge in [0.05, 0.1) is 13.2 Å². The van der Waals surface area contributed by atoms with Crippen LogP contribution in [0, 0.1) is 17.3 Å². The van der Waals surface area contributed by atoms with Crippen LogP contribution in [0.2, 0.25) is 0 Å². The maximum Gasteiger partial charge on any atom is 0.325 e. The number of carboxylic acids is 1. The number of aliphatic hydroxyl groups is 1. The summed E-state index contributed by atoms with van der Waals surface area (Å²) in [6, 6.07) is 7.24. The first kappa shape index (κ1) is 18.4. The largest absolute Gasteiger partial charge is 0.480 e. The Morgan fingerprint density at radius 3 is 2.76 bits per heavy atom. The summed E-state index contributed by atoms with van der Waals surface area (Å²) in [4.78, 5) is 16.4. The van der Waals surface area contributed by atoms with Gasteiger partial charge in [-0.3, -0.25) is 9.63 Å². The lowest BCUT2D eigenvalue weighted by Crippen LogP contribution is -2.39. The number of rotatable bonds is 7. The zero-order valence-corrected chi connectivity index (χ0v) is 15.3. The summed E-state index contributed by atoms with van der Waals surface area (Å²) in [6.45, 7) is 6.87. The predicted molar refractivity (Wildman–Crippen MR) is 94.8 cm³/mol. The molecule has 0 radical (unpaired) electrons. The van der Waals surface area contributed by atoms with Crippen LogP contribution in [-0.4, -0.2) is 28.8 Å². The van der Waals surface area contributed by atoms with Crippen molar-refractivity contribution in [2.45, 2.75) is 58.1 Å². The summed E-state index contributed by atoms with van der Waals surface area (Å²) in [5.41, 5.74) is 5.38. The molecule has 4 atom stereocenters. The van der Waals surface area contributed by atoms with Crippen LogP contribution in [0.15, 0.2) is 24.3 Å². The van der Waals surface area contributed by atoms with E-state index in [1.807, 2.05) is 6.07 Å². The highest BCUT2D eigenvalue weighted by molar-refractivity contribution is 5.73. The van der Waals surface area contributed by atoms with Crippen molar-refractivity contribution in [3.05, 3.63) is 35.4 Å². The zero-order valence-electron chi connectivity index (χ0n) is 15.3. The number of nitrogens with one attached hydrogen (secondary N) is 1. The smallest absolute Gasteiger partial charge is 0.325 e. The third-order valence-electron chi connectivity index (χ3n) is 6.58. The topological polar surface area (TPSA) is 78.8 Å². The molecule has 2 aliphatic rings. The molecule has 2 aliphatic carbocycles. The number of hydroxylamine groups is 1. The lowest BCUT2D eigenvalue weighted by atomic mass is 9.74. The Balaban J connectivity index is 1.79. The fourth-order valence-electron chi connectivity index (χ4n) is 5.19. The Morgan fingerprint density at radius 1 is 1.36 bits per heavy atom. The van der Waals surface area contributed by atoms with Gasteiger partial charge in [-0.1, -0.05) is 51.5 Å². The van der Waals surface area contributed by atoms with E-state index in [2.05, 4.69) is 44.5 Å². The molecular weight excluding hydrogens is 318 g/mol. The molecule has 3 unspecified atom stereocenters. The second kappa shape index (κ2) is 6.71. The van der Waals surface area contributed by atoms with Crippen LogP contribution in [0.5, 0.6) is 0 Å². The number of hydrogen-bond acceptors (Lipinski definition) is 4. The number of carbonyl (C=O) groups is 1. The second-order valence-electron chi connectivity index (χ2n) is 8.27. The van der Waals surface area contributed by atoms with Crippen LogP contribution in [0.3, 0.4) is 0 Å². The third kappa shape index (κ3) is 2.98. The van der Waals surface area contributed by atoms with E-state index in [-0.39, 0.29) is 10.8 Å². The number of fused-ring (bicyclic) bond motifs is 1. The normalized spacial score (nSPS) is 31.2. The lowest BCUT2D eigenvalue weighted by Gasteiger charge is -2.30. The maximum atomic E-state index is 11.0. The minimum Gasteiger partial charge on any atom is -0.480 e. The molecule has 0 aliphatic heterocycles. The van der Waals surface area contributed by atoms with Crippen LogP contribution in [0.25, 0.3) is 0 Å². The van der Waals surface area contributed by atoms with Crippen molar-refractivity contribution in [2.75, 3.05) is 6.61 Å². The van der Waals surface area contributed by atoms with Crippen LogP contribution in [0.1, 0.15) is 51.2 Å². The van der Waals surface area contributed by atoms with E-state index in [4.69, 9.17) is 15.1 Å². The molecule has 3 rings (SSSR count). The van der Waals surface area contributed by atoms with Gasteiger partial charge in [-0.2, -0.15) is 5.48 Å². The van der Waals surface area contributed by atoms with Crippen molar-refractivity contribution < 1.29 is 19.8 Å². The zero-order chi connectivity index (χ0) is 18.2. The van der Waals surface area contributed by atoms with Gasteiger partial charge in [-0.25, -0.2) is 0 Å². The summed E-state index contributed by atoms with van der Waals surface area (Å²) < 4.78 is 0. The molecule has 0 spiro atoms. The van der Waals surface area contributed by atoms with Crippen molar-refractivity contribution >= 4 is 5.97 Å². The first-order valence-electron chi connectivity index (χ1n) is 9.14. The van der Waals surface area contributed by atoms with Gasteiger partial charge in [0.25, 0.3) is 0 Å². The highest BCUT2D eigenvalue weighted by atomic mass is 16.6. The summed E-state index contributed by atoms with van der Waals surface area (Å²) in [6.07, 6.45) is 3.77. The van der Waals surface area contributed by atoms with Crippen molar-refractivity contribution in [1.82, 2.24) is 5.48 Å². The molecule has 5 nitrogen and oxygen atoms in total. The fourth-order valence-corrected chi connectivity index (χ4v) is 5.19. The Morgan fingerprint density at radius 2 is 2.08 bits per heavy atom. The molecule has 25 heavy (non-hydrogen) atoms. The highest BCUT2D eigenvalue weighted by Gasteiger charge is 2.72. The van der Waals surface area contributed by atoms with E-state index in [0.29, 0.717) is 12.5 Å². The molecule has 0 amide bonds. The number of hydrogen-bond donors (Lipinski definition) is 3. The Kier molecular flexibility index (Phi) is 4.93. The quantitative estimate of drug-likeness (QED) is 0.661. The van der Waals surface area contributed by atoms with Gasteiger partial charge in [0, 0.05) is 5.41 Å². The summed E-state index contributed by atoms with van der Waals surface area (Å²) in [7, 11) is 0. The number of aliphatic hydroxyl groups excluding tert-OH is 1. The minimum atomic E-state index is -1.13. The van der Waals surface area contributed by atoms with Gasteiger partial charge in [0.15, 0.2) is 6.04 Å². The SMILES string of the molecule is CC1CCC2C(C)(C)C2(c2ccccc2CON[C@H](CO)C(=O)O)C1. The molecule has 3 N–H and O–H groups in total. The van der Waals surface area contributed by atoms with E-state index in [9.17, 15) is 4.79 Å². The van der Waals surface area contributed by atoms with Gasteiger partial charge in [0.1, 0.15) is 0 Å². The molecule has 2 fully saturated rings.